The number of likely N-dealkylation sites (N-methyl/N-ethyl adjacent to an activating group) is 1. The molecule has 5 heteroatoms. The molecule has 1 saturated heterocycles. The third kappa shape index (κ3) is 3.71. The molecule has 1 atom stereocenters. The largest absolute Gasteiger partial charge is 0.369 e. The summed E-state index contributed by atoms with van der Waals surface area (Å²) in [5.74, 6) is 0.480. The number of amides is 1. The van der Waals surface area contributed by atoms with Gasteiger partial charge in [-0.05, 0) is 79.4 Å². The fourth-order valence-corrected chi connectivity index (χ4v) is 5.09. The minimum Gasteiger partial charge on any atom is -0.369 e. The van der Waals surface area contributed by atoms with Gasteiger partial charge in [0.25, 0.3) is 5.91 Å². The third-order valence-corrected chi connectivity index (χ3v) is 7.00. The van der Waals surface area contributed by atoms with Crippen molar-refractivity contribution in [2.24, 2.45) is 4.99 Å². The molecule has 0 N–H and O–H groups in total. The quantitative estimate of drug-likeness (QED) is 0.607. The van der Waals surface area contributed by atoms with E-state index in [0.29, 0.717) is 16.0 Å². The Morgan fingerprint density at radius 2 is 1.86 bits per heavy atom. The average Bonchev–Trinajstić information content (AvgIpc) is 2.95. The third-order valence-electron chi connectivity index (χ3n) is 5.94. The first-order valence-corrected chi connectivity index (χ1v) is 10.8. The molecule has 1 unspecified atom stereocenters. The van der Waals surface area contributed by atoms with Gasteiger partial charge in [-0.15, -0.1) is 0 Å². The second-order valence-electron chi connectivity index (χ2n) is 8.50. The Kier molecular flexibility index (Phi) is 5.03. The highest BCUT2D eigenvalue weighted by molar-refractivity contribution is 8.18. The second kappa shape index (κ2) is 7.38. The van der Waals surface area contributed by atoms with E-state index >= 15 is 0 Å². The van der Waals surface area contributed by atoms with Crippen LogP contribution in [0.4, 0.5) is 11.4 Å². The van der Waals surface area contributed by atoms with Gasteiger partial charge in [-0.1, -0.05) is 31.2 Å². The van der Waals surface area contributed by atoms with Crippen LogP contribution in [0, 0.1) is 0 Å². The van der Waals surface area contributed by atoms with Crippen molar-refractivity contribution in [3.63, 3.8) is 0 Å². The van der Waals surface area contributed by atoms with Gasteiger partial charge >= 0.3 is 0 Å². The van der Waals surface area contributed by atoms with Crippen molar-refractivity contribution in [1.29, 1.82) is 0 Å². The fourth-order valence-electron chi connectivity index (χ4n) is 4.10. The first kappa shape index (κ1) is 19.8. The van der Waals surface area contributed by atoms with E-state index < -0.39 is 0 Å². The number of rotatable bonds is 2. The summed E-state index contributed by atoms with van der Waals surface area (Å²) in [7, 11) is 3.95. The number of nitrogens with zero attached hydrogens (tertiary/aromatic N) is 3. The maximum Gasteiger partial charge on any atom is 0.266 e. The van der Waals surface area contributed by atoms with Gasteiger partial charge in [0.15, 0.2) is 5.17 Å². The Morgan fingerprint density at radius 1 is 1.14 bits per heavy atom. The summed E-state index contributed by atoms with van der Waals surface area (Å²) in [6.45, 7) is 6.87. The maximum atomic E-state index is 12.7. The Morgan fingerprint density at radius 3 is 2.59 bits per heavy atom. The van der Waals surface area contributed by atoms with Crippen molar-refractivity contribution >= 4 is 40.3 Å². The first-order valence-electron chi connectivity index (χ1n) is 9.95. The van der Waals surface area contributed by atoms with Crippen LogP contribution in [0.1, 0.15) is 44.2 Å². The van der Waals surface area contributed by atoms with E-state index in [0.717, 1.165) is 17.7 Å². The van der Waals surface area contributed by atoms with Crippen LogP contribution in [-0.4, -0.2) is 35.6 Å². The molecule has 2 aliphatic heterocycles. The minimum atomic E-state index is -0.00583. The lowest BCUT2D eigenvalue weighted by Crippen LogP contribution is -2.45. The maximum absolute atomic E-state index is 12.7. The molecule has 2 aromatic rings. The summed E-state index contributed by atoms with van der Waals surface area (Å²) in [5, 5.41) is 0.709. The number of anilines is 1. The number of hydrogen-bond donors (Lipinski definition) is 0. The summed E-state index contributed by atoms with van der Waals surface area (Å²) in [6.07, 6.45) is 3.10. The van der Waals surface area contributed by atoms with Crippen LogP contribution in [0.25, 0.3) is 6.08 Å². The van der Waals surface area contributed by atoms with Crippen LogP contribution in [0.5, 0.6) is 0 Å². The van der Waals surface area contributed by atoms with E-state index in [1.165, 1.54) is 23.0 Å². The van der Waals surface area contributed by atoms with Crippen LogP contribution >= 0.6 is 11.8 Å². The smallest absolute Gasteiger partial charge is 0.266 e. The van der Waals surface area contributed by atoms with Gasteiger partial charge in [0.1, 0.15) is 0 Å². The van der Waals surface area contributed by atoms with Gasteiger partial charge in [0.05, 0.1) is 10.6 Å². The highest BCUT2D eigenvalue weighted by Gasteiger charge is 2.34. The molecule has 4 nitrogen and oxygen atoms in total. The Labute approximate surface area is 177 Å². The standard InChI is InChI=1S/C24H27N3OS/c1-16-15-24(2,3)27(5)20-12-11-17(13-19(16)20)14-21-22(28)26(4)23(29-21)25-18-9-7-6-8-10-18/h6-14,16H,15H2,1-5H3/b21-14-,25-23?. The van der Waals surface area contributed by atoms with Crippen molar-refractivity contribution < 1.29 is 4.79 Å². The lowest BCUT2D eigenvalue weighted by Gasteiger charge is -2.45. The lowest BCUT2D eigenvalue weighted by molar-refractivity contribution is -0.121. The molecule has 150 valence electrons. The van der Waals surface area contributed by atoms with Gasteiger partial charge in [-0.25, -0.2) is 4.99 Å². The molecular weight excluding hydrogens is 378 g/mol. The van der Waals surface area contributed by atoms with Gasteiger partial charge in [-0.2, -0.15) is 0 Å². The SMILES string of the molecule is CC1CC(C)(C)N(C)c2ccc(/C=C3\SC(=Nc4ccccc4)N(C)C3=O)cc21. The van der Waals surface area contributed by atoms with E-state index in [4.69, 9.17) is 0 Å². The minimum absolute atomic E-state index is 0.00583. The van der Waals surface area contributed by atoms with Crippen LogP contribution in [0.2, 0.25) is 0 Å². The summed E-state index contributed by atoms with van der Waals surface area (Å²) in [4.78, 5) is 22.1. The Balaban J connectivity index is 1.64. The van der Waals surface area contributed by atoms with Crippen LogP contribution in [-0.2, 0) is 4.79 Å². The molecule has 4 rings (SSSR count). The summed E-state index contributed by atoms with van der Waals surface area (Å²) < 4.78 is 0. The lowest BCUT2D eigenvalue weighted by atomic mass is 9.80. The number of thioether (sulfide) groups is 1. The molecule has 0 radical (unpaired) electrons. The summed E-state index contributed by atoms with van der Waals surface area (Å²) >= 11 is 1.43. The molecule has 2 aliphatic rings. The zero-order valence-corrected chi connectivity index (χ0v) is 18.5. The highest BCUT2D eigenvalue weighted by Crippen LogP contribution is 2.43. The van der Waals surface area contributed by atoms with E-state index in [1.807, 2.05) is 36.4 Å². The molecular formula is C24H27N3OS. The van der Waals surface area contributed by atoms with Gasteiger partial charge in [-0.3, -0.25) is 9.69 Å². The molecule has 2 heterocycles. The number of carbonyl (C=O) groups is 1. The molecule has 0 spiro atoms. The van der Waals surface area contributed by atoms with Crippen molar-refractivity contribution in [3.05, 3.63) is 64.6 Å². The number of carbonyl (C=O) groups excluding carboxylic acids is 1. The zero-order chi connectivity index (χ0) is 20.8. The first-order chi connectivity index (χ1) is 13.8. The van der Waals surface area contributed by atoms with E-state index in [2.05, 4.69) is 55.9 Å². The summed E-state index contributed by atoms with van der Waals surface area (Å²) in [6, 6.07) is 16.3. The molecule has 29 heavy (non-hydrogen) atoms. The van der Waals surface area contributed by atoms with Crippen molar-refractivity contribution in [2.45, 2.75) is 38.6 Å². The van der Waals surface area contributed by atoms with E-state index in [9.17, 15) is 4.79 Å². The molecule has 0 bridgehead atoms. The molecule has 1 amide bonds. The van der Waals surface area contributed by atoms with E-state index in [1.54, 1.807) is 11.9 Å². The highest BCUT2D eigenvalue weighted by atomic mass is 32.2. The Bertz CT molecular complexity index is 1010. The number of fused-ring (bicyclic) bond motifs is 1. The monoisotopic (exact) mass is 405 g/mol. The number of para-hydroxylation sites is 1. The molecule has 2 aromatic carbocycles. The topological polar surface area (TPSA) is 35.9 Å². The number of amidine groups is 1. The van der Waals surface area contributed by atoms with E-state index in [-0.39, 0.29) is 11.4 Å². The van der Waals surface area contributed by atoms with Crippen LogP contribution < -0.4 is 4.90 Å². The predicted octanol–water partition coefficient (Wildman–Crippen LogP) is 5.64. The molecule has 0 aliphatic carbocycles. The van der Waals surface area contributed by atoms with Gasteiger partial charge < -0.3 is 4.90 Å². The van der Waals surface area contributed by atoms with Crippen molar-refractivity contribution in [1.82, 2.24) is 4.90 Å². The summed E-state index contributed by atoms with van der Waals surface area (Å²) in [5.41, 5.74) is 4.70. The zero-order valence-electron chi connectivity index (χ0n) is 17.6. The van der Waals surface area contributed by atoms with Crippen molar-refractivity contribution in [2.75, 3.05) is 19.0 Å². The van der Waals surface area contributed by atoms with Gasteiger partial charge in [0.2, 0.25) is 0 Å². The molecule has 0 saturated carbocycles. The predicted molar refractivity (Wildman–Crippen MR) is 124 cm³/mol. The number of benzene rings is 2. The average molecular weight is 406 g/mol. The van der Waals surface area contributed by atoms with Crippen LogP contribution in [0.3, 0.4) is 0 Å². The molecule has 1 fully saturated rings. The number of hydrogen-bond acceptors (Lipinski definition) is 4. The number of aliphatic imine (C=N–C) groups is 1. The normalized spacial score (nSPS) is 23.8. The fraction of sp³-hybridized carbons (Fsp3) is 0.333. The molecule has 0 aromatic heterocycles. The second-order valence-corrected chi connectivity index (χ2v) is 9.51. The van der Waals surface area contributed by atoms with Crippen LogP contribution in [0.15, 0.2) is 58.4 Å². The van der Waals surface area contributed by atoms with Crippen molar-refractivity contribution in [3.8, 4) is 0 Å². The Hall–Kier alpha value is -2.53. The van der Waals surface area contributed by atoms with Gasteiger partial charge in [0, 0.05) is 25.3 Å².